The largest absolute Gasteiger partial charge is 0.489 e. The van der Waals surface area contributed by atoms with Crippen molar-refractivity contribution < 1.29 is 31.9 Å². The number of aryl methyl sites for hydroxylation is 2. The summed E-state index contributed by atoms with van der Waals surface area (Å²) in [5.41, 5.74) is 0.666. The van der Waals surface area contributed by atoms with Crippen molar-refractivity contribution in [2.24, 2.45) is 13.0 Å². The lowest BCUT2D eigenvalue weighted by atomic mass is 9.93. The van der Waals surface area contributed by atoms with Gasteiger partial charge in [-0.3, -0.25) is 14.4 Å². The molecular formula is C21H23FN4O6S. The number of likely N-dealkylation sites (tertiary alicyclic amines) is 1. The predicted octanol–water partition coefficient (Wildman–Crippen LogP) is 0.812. The first kappa shape index (κ1) is 22.9. The highest BCUT2D eigenvalue weighted by molar-refractivity contribution is 7.89. The summed E-state index contributed by atoms with van der Waals surface area (Å²) in [5.74, 6) is -2.24. The number of halogens is 1. The molecule has 2 atom stereocenters. The summed E-state index contributed by atoms with van der Waals surface area (Å²) in [6.07, 6.45) is 1.85. The normalized spacial score (nSPS) is 21.6. The van der Waals surface area contributed by atoms with E-state index in [2.05, 4.69) is 10.0 Å². The monoisotopic (exact) mass is 478 g/mol. The van der Waals surface area contributed by atoms with Gasteiger partial charge in [0.1, 0.15) is 10.7 Å². The zero-order valence-electron chi connectivity index (χ0n) is 18.0. The van der Waals surface area contributed by atoms with Crippen molar-refractivity contribution in [2.45, 2.75) is 24.3 Å². The number of ether oxygens (including phenoxy) is 1. The van der Waals surface area contributed by atoms with E-state index < -0.39 is 39.6 Å². The second-order valence-corrected chi connectivity index (χ2v) is 9.87. The number of hydrogen-bond acceptors (Lipinski definition) is 6. The van der Waals surface area contributed by atoms with E-state index in [1.165, 1.54) is 40.9 Å². The van der Waals surface area contributed by atoms with Crippen molar-refractivity contribution in [1.82, 2.24) is 14.2 Å². The molecule has 12 heteroatoms. The Morgan fingerprint density at radius 2 is 2.09 bits per heavy atom. The van der Waals surface area contributed by atoms with Crippen molar-refractivity contribution in [3.63, 3.8) is 0 Å². The smallest absolute Gasteiger partial charge is 0.286 e. The molecule has 4 rings (SSSR count). The number of amides is 2. The van der Waals surface area contributed by atoms with Crippen LogP contribution in [0.25, 0.3) is 0 Å². The number of aldehydes is 1. The molecule has 1 saturated heterocycles. The summed E-state index contributed by atoms with van der Waals surface area (Å²) < 4.78 is 49.6. The van der Waals surface area contributed by atoms with Crippen LogP contribution in [0.5, 0.6) is 5.75 Å². The molecule has 2 aromatic rings. The molecule has 176 valence electrons. The molecule has 1 fully saturated rings. The molecule has 2 N–H and O–H groups in total. The first-order chi connectivity index (χ1) is 15.6. The second-order valence-electron chi connectivity index (χ2n) is 8.19. The second kappa shape index (κ2) is 8.60. The Labute approximate surface area is 189 Å². The van der Waals surface area contributed by atoms with Crippen LogP contribution in [0, 0.1) is 18.7 Å². The molecule has 10 nitrogen and oxygen atoms in total. The Morgan fingerprint density at radius 1 is 1.33 bits per heavy atom. The number of nitrogens with zero attached hydrogens (tertiary/aromatic N) is 2. The van der Waals surface area contributed by atoms with Crippen LogP contribution in [0.3, 0.4) is 0 Å². The third kappa shape index (κ3) is 4.35. The fourth-order valence-corrected chi connectivity index (χ4v) is 5.70. The number of sulfonamides is 1. The van der Waals surface area contributed by atoms with E-state index in [9.17, 15) is 27.2 Å². The molecule has 0 bridgehead atoms. The standard InChI is InChI=1S/C21H23FN4O6S/c1-12-7-14(3-4-15(12)22)23-21(29)19-20-17(9-25(19)2)33(30,31)24-16-5-6-26(18(28)10-27)8-13(16)11-32-20/h3-4,7,9-10,13,16,24H,5-6,8,11H2,1-2H3,(H,23,29). The summed E-state index contributed by atoms with van der Waals surface area (Å²) >= 11 is 0. The summed E-state index contributed by atoms with van der Waals surface area (Å²) in [6.45, 7) is 1.98. The minimum atomic E-state index is -4.03. The van der Waals surface area contributed by atoms with Crippen molar-refractivity contribution in [2.75, 3.05) is 25.0 Å². The first-order valence-electron chi connectivity index (χ1n) is 10.3. The predicted molar refractivity (Wildman–Crippen MR) is 115 cm³/mol. The lowest BCUT2D eigenvalue weighted by Gasteiger charge is -2.38. The van der Waals surface area contributed by atoms with E-state index in [-0.39, 0.29) is 42.3 Å². The van der Waals surface area contributed by atoms with Crippen LogP contribution in [0.2, 0.25) is 0 Å². The maximum Gasteiger partial charge on any atom is 0.286 e. The number of carbonyl (C=O) groups is 3. The molecule has 2 unspecified atom stereocenters. The number of fused-ring (bicyclic) bond motifs is 2. The number of aromatic nitrogens is 1. The van der Waals surface area contributed by atoms with Crippen molar-refractivity contribution >= 4 is 33.8 Å². The van der Waals surface area contributed by atoms with Crippen LogP contribution in [-0.2, 0) is 26.7 Å². The fourth-order valence-electron chi connectivity index (χ4n) is 4.17. The quantitative estimate of drug-likeness (QED) is 0.497. The summed E-state index contributed by atoms with van der Waals surface area (Å²) in [4.78, 5) is 36.9. The minimum Gasteiger partial charge on any atom is -0.489 e. The van der Waals surface area contributed by atoms with Gasteiger partial charge in [-0.25, -0.2) is 17.5 Å². The van der Waals surface area contributed by atoms with Crippen LogP contribution in [0.15, 0.2) is 29.3 Å². The number of carbonyl (C=O) groups excluding carboxylic acids is 3. The van der Waals surface area contributed by atoms with Crippen LogP contribution in [0.1, 0.15) is 22.5 Å². The van der Waals surface area contributed by atoms with Crippen LogP contribution >= 0.6 is 0 Å². The molecule has 1 aromatic heterocycles. The minimum absolute atomic E-state index is 0.0209. The molecule has 2 aliphatic rings. The molecule has 0 saturated carbocycles. The molecule has 1 aromatic carbocycles. The molecule has 0 aliphatic carbocycles. The maximum absolute atomic E-state index is 13.5. The Kier molecular flexibility index (Phi) is 5.97. The van der Waals surface area contributed by atoms with Gasteiger partial charge in [-0.1, -0.05) is 0 Å². The van der Waals surface area contributed by atoms with Gasteiger partial charge in [-0.15, -0.1) is 0 Å². The molecule has 2 amide bonds. The van der Waals surface area contributed by atoms with Gasteiger partial charge < -0.3 is 19.5 Å². The molecular weight excluding hydrogens is 455 g/mol. The van der Waals surface area contributed by atoms with Gasteiger partial charge in [0.15, 0.2) is 11.4 Å². The highest BCUT2D eigenvalue weighted by Crippen LogP contribution is 2.34. The maximum atomic E-state index is 13.5. The van der Waals surface area contributed by atoms with E-state index in [4.69, 9.17) is 4.74 Å². The zero-order chi connectivity index (χ0) is 23.9. The van der Waals surface area contributed by atoms with E-state index in [0.29, 0.717) is 17.7 Å². The zero-order valence-corrected chi connectivity index (χ0v) is 18.8. The van der Waals surface area contributed by atoms with Gasteiger partial charge in [-0.05, 0) is 37.1 Å². The number of anilines is 1. The third-order valence-corrected chi connectivity index (χ3v) is 7.40. The van der Waals surface area contributed by atoms with Gasteiger partial charge in [0, 0.05) is 44.0 Å². The Balaban J connectivity index is 1.65. The molecule has 0 spiro atoms. The summed E-state index contributed by atoms with van der Waals surface area (Å²) in [7, 11) is -2.51. The number of rotatable bonds is 3. The average molecular weight is 479 g/mol. The van der Waals surface area contributed by atoms with E-state index >= 15 is 0 Å². The van der Waals surface area contributed by atoms with Crippen LogP contribution in [0.4, 0.5) is 10.1 Å². The van der Waals surface area contributed by atoms with Gasteiger partial charge in [-0.2, -0.15) is 0 Å². The van der Waals surface area contributed by atoms with Crippen LogP contribution in [-0.4, -0.2) is 61.7 Å². The summed E-state index contributed by atoms with van der Waals surface area (Å²) in [6, 6.07) is 3.60. The van der Waals surface area contributed by atoms with Crippen molar-refractivity contribution in [3.8, 4) is 5.75 Å². The Bertz CT molecular complexity index is 1240. The Morgan fingerprint density at radius 3 is 2.79 bits per heavy atom. The lowest BCUT2D eigenvalue weighted by Crippen LogP contribution is -2.54. The number of piperidine rings is 1. The van der Waals surface area contributed by atoms with E-state index in [1.807, 2.05) is 0 Å². The topological polar surface area (TPSA) is 127 Å². The van der Waals surface area contributed by atoms with Crippen LogP contribution < -0.4 is 14.8 Å². The van der Waals surface area contributed by atoms with Crippen molar-refractivity contribution in [3.05, 3.63) is 41.5 Å². The lowest BCUT2D eigenvalue weighted by molar-refractivity contribution is -0.140. The highest BCUT2D eigenvalue weighted by Gasteiger charge is 2.39. The number of nitrogens with one attached hydrogen (secondary N) is 2. The molecule has 2 aliphatic heterocycles. The SMILES string of the molecule is Cc1cc(NC(=O)c2c3c(cn2C)S(=O)(=O)NC2CCN(C(=O)C=O)CC2CO3)ccc1F. The number of hydrogen-bond donors (Lipinski definition) is 2. The Hall–Kier alpha value is -3.25. The number of benzene rings is 1. The average Bonchev–Trinajstić information content (AvgIpc) is 3.10. The fraction of sp³-hybridized carbons (Fsp3) is 0.381. The molecule has 33 heavy (non-hydrogen) atoms. The van der Waals surface area contributed by atoms with E-state index in [1.54, 1.807) is 6.92 Å². The molecule has 3 heterocycles. The highest BCUT2D eigenvalue weighted by atomic mass is 32.2. The van der Waals surface area contributed by atoms with Gasteiger partial charge in [0.25, 0.3) is 11.8 Å². The van der Waals surface area contributed by atoms with Gasteiger partial charge in [0.2, 0.25) is 16.3 Å². The first-order valence-corrected chi connectivity index (χ1v) is 11.7. The van der Waals surface area contributed by atoms with E-state index in [0.717, 1.165) is 0 Å². The van der Waals surface area contributed by atoms with Crippen molar-refractivity contribution in [1.29, 1.82) is 0 Å². The van der Waals surface area contributed by atoms with Gasteiger partial charge >= 0.3 is 0 Å². The third-order valence-electron chi connectivity index (χ3n) is 5.92. The molecule has 0 radical (unpaired) electrons. The summed E-state index contributed by atoms with van der Waals surface area (Å²) in [5, 5.41) is 2.64. The van der Waals surface area contributed by atoms with Gasteiger partial charge in [0.05, 0.1) is 6.61 Å².